The summed E-state index contributed by atoms with van der Waals surface area (Å²) in [4.78, 5) is 12.2. The zero-order valence-corrected chi connectivity index (χ0v) is 14.1. The predicted molar refractivity (Wildman–Crippen MR) is 95.0 cm³/mol. The molecule has 2 aromatic carbocycles. The molecule has 0 radical (unpaired) electrons. The number of fused-ring (bicyclic) bond motifs is 1. The number of hydrogen-bond donors (Lipinski definition) is 2. The van der Waals surface area contributed by atoms with Gasteiger partial charge in [0, 0.05) is 19.0 Å². The Morgan fingerprint density at radius 2 is 2.09 bits per heavy atom. The van der Waals surface area contributed by atoms with Crippen LogP contribution in [-0.4, -0.2) is 31.7 Å². The van der Waals surface area contributed by atoms with Crippen LogP contribution in [0.2, 0.25) is 0 Å². The van der Waals surface area contributed by atoms with Crippen molar-refractivity contribution < 1.29 is 9.53 Å². The molecule has 1 amide bonds. The van der Waals surface area contributed by atoms with Crippen molar-refractivity contribution in [2.45, 2.75) is 25.4 Å². The maximum atomic E-state index is 12.2. The molecule has 5 heteroatoms. The third-order valence-electron chi connectivity index (χ3n) is 4.08. The molecule has 3 rings (SSSR count). The van der Waals surface area contributed by atoms with Gasteiger partial charge < -0.3 is 15.4 Å². The Labute approximate surface area is 143 Å². The van der Waals surface area contributed by atoms with Gasteiger partial charge in [0.15, 0.2) is 0 Å². The summed E-state index contributed by atoms with van der Waals surface area (Å²) in [7, 11) is 0. The Hall–Kier alpha value is -1.62. The minimum atomic E-state index is 0. The number of hydrogen-bond acceptors (Lipinski definition) is 3. The van der Waals surface area contributed by atoms with Gasteiger partial charge >= 0.3 is 0 Å². The minimum Gasteiger partial charge on any atom is -0.378 e. The fourth-order valence-corrected chi connectivity index (χ4v) is 2.84. The molecule has 1 aliphatic heterocycles. The summed E-state index contributed by atoms with van der Waals surface area (Å²) in [6.45, 7) is 4.17. The van der Waals surface area contributed by atoms with Crippen molar-refractivity contribution in [1.82, 2.24) is 10.6 Å². The highest BCUT2D eigenvalue weighted by Crippen LogP contribution is 2.20. The van der Waals surface area contributed by atoms with E-state index < -0.39 is 0 Å². The van der Waals surface area contributed by atoms with E-state index in [4.69, 9.17) is 4.74 Å². The summed E-state index contributed by atoms with van der Waals surface area (Å²) >= 11 is 0. The molecule has 1 saturated heterocycles. The first-order valence-electron chi connectivity index (χ1n) is 7.81. The molecule has 23 heavy (non-hydrogen) atoms. The molecule has 0 bridgehead atoms. The lowest BCUT2D eigenvalue weighted by Crippen LogP contribution is -2.44. The molecular weight excluding hydrogens is 312 g/mol. The van der Waals surface area contributed by atoms with Gasteiger partial charge in [-0.25, -0.2) is 0 Å². The molecule has 0 saturated carbocycles. The number of morpholine rings is 1. The summed E-state index contributed by atoms with van der Waals surface area (Å²) in [5, 5.41) is 8.79. The number of benzene rings is 2. The zero-order chi connectivity index (χ0) is 15.4. The lowest BCUT2D eigenvalue weighted by atomic mass is 10.0. The molecule has 2 unspecified atom stereocenters. The van der Waals surface area contributed by atoms with Crippen LogP contribution in [0.1, 0.15) is 24.9 Å². The fraction of sp³-hybridized carbons (Fsp3) is 0.389. The first-order valence-corrected chi connectivity index (χ1v) is 7.81. The Morgan fingerprint density at radius 1 is 1.30 bits per heavy atom. The number of ether oxygens (including phenoxy) is 1. The summed E-state index contributed by atoms with van der Waals surface area (Å²) in [6.07, 6.45) is 0.456. The molecule has 0 aliphatic carbocycles. The van der Waals surface area contributed by atoms with Crippen molar-refractivity contribution in [3.8, 4) is 0 Å². The van der Waals surface area contributed by atoms with Crippen LogP contribution in [0.4, 0.5) is 0 Å². The average Bonchev–Trinajstić information content (AvgIpc) is 2.55. The lowest BCUT2D eigenvalue weighted by Gasteiger charge is -2.24. The Kier molecular flexibility index (Phi) is 6.39. The van der Waals surface area contributed by atoms with E-state index in [0.717, 1.165) is 18.7 Å². The van der Waals surface area contributed by atoms with E-state index in [-0.39, 0.29) is 30.4 Å². The van der Waals surface area contributed by atoms with E-state index in [9.17, 15) is 4.79 Å². The second-order valence-corrected chi connectivity index (χ2v) is 5.83. The molecule has 1 aliphatic rings. The van der Waals surface area contributed by atoms with Crippen molar-refractivity contribution in [3.05, 3.63) is 48.0 Å². The highest BCUT2D eigenvalue weighted by molar-refractivity contribution is 5.85. The second-order valence-electron chi connectivity index (χ2n) is 5.83. The van der Waals surface area contributed by atoms with Crippen LogP contribution < -0.4 is 10.6 Å². The maximum Gasteiger partial charge on any atom is 0.222 e. The first-order chi connectivity index (χ1) is 10.7. The van der Waals surface area contributed by atoms with E-state index in [1.165, 1.54) is 10.8 Å². The molecule has 4 nitrogen and oxygen atoms in total. The van der Waals surface area contributed by atoms with Crippen LogP contribution in [0.3, 0.4) is 0 Å². The number of carbonyl (C=O) groups is 1. The highest BCUT2D eigenvalue weighted by atomic mass is 35.5. The fourth-order valence-electron chi connectivity index (χ4n) is 2.84. The molecule has 124 valence electrons. The second kappa shape index (κ2) is 8.29. The van der Waals surface area contributed by atoms with Crippen LogP contribution in [0.25, 0.3) is 10.8 Å². The van der Waals surface area contributed by atoms with Gasteiger partial charge in [0.1, 0.15) is 0 Å². The summed E-state index contributed by atoms with van der Waals surface area (Å²) in [5.74, 6) is 0.0589. The normalized spacial score (nSPS) is 18.9. The highest BCUT2D eigenvalue weighted by Gasteiger charge is 2.18. The lowest BCUT2D eigenvalue weighted by molar-refractivity contribution is -0.122. The summed E-state index contributed by atoms with van der Waals surface area (Å²) in [5.41, 5.74) is 1.12. The van der Waals surface area contributed by atoms with E-state index in [0.29, 0.717) is 13.0 Å². The molecule has 1 heterocycles. The Morgan fingerprint density at radius 3 is 2.83 bits per heavy atom. The van der Waals surface area contributed by atoms with Crippen molar-refractivity contribution in [1.29, 1.82) is 0 Å². The van der Waals surface area contributed by atoms with E-state index in [1.54, 1.807) is 0 Å². The third-order valence-corrected chi connectivity index (χ3v) is 4.08. The van der Waals surface area contributed by atoms with Gasteiger partial charge in [-0.15, -0.1) is 12.4 Å². The van der Waals surface area contributed by atoms with Gasteiger partial charge in [0.2, 0.25) is 5.91 Å². The third kappa shape index (κ3) is 4.67. The summed E-state index contributed by atoms with van der Waals surface area (Å²) < 4.78 is 5.38. The Bertz CT molecular complexity index is 656. The van der Waals surface area contributed by atoms with Crippen molar-refractivity contribution in [3.63, 3.8) is 0 Å². The standard InChI is InChI=1S/C18H22N2O2.ClH/c1-13(20-18(21)11-17-12-22-9-8-19-17)15-7-6-14-4-2-3-5-16(14)10-15;/h2-7,10,13,17,19H,8-9,11-12H2,1H3,(H,20,21);1H. The van der Waals surface area contributed by atoms with Gasteiger partial charge in [0.05, 0.1) is 19.3 Å². The smallest absolute Gasteiger partial charge is 0.222 e. The Balaban J connectivity index is 0.00000192. The van der Waals surface area contributed by atoms with Gasteiger partial charge in [-0.3, -0.25) is 4.79 Å². The quantitative estimate of drug-likeness (QED) is 0.904. The number of amides is 1. The van der Waals surface area contributed by atoms with Gasteiger partial charge in [-0.05, 0) is 29.3 Å². The molecule has 0 aromatic heterocycles. The number of halogens is 1. The van der Waals surface area contributed by atoms with E-state index in [1.807, 2.05) is 19.1 Å². The zero-order valence-electron chi connectivity index (χ0n) is 13.2. The molecule has 2 N–H and O–H groups in total. The monoisotopic (exact) mass is 334 g/mol. The summed E-state index contributed by atoms with van der Waals surface area (Å²) in [6, 6.07) is 14.7. The van der Waals surface area contributed by atoms with Crippen LogP contribution in [0.15, 0.2) is 42.5 Å². The van der Waals surface area contributed by atoms with Crippen LogP contribution >= 0.6 is 12.4 Å². The van der Waals surface area contributed by atoms with Gasteiger partial charge in [0.25, 0.3) is 0 Å². The number of carbonyl (C=O) groups excluding carboxylic acids is 1. The minimum absolute atomic E-state index is 0. The molecule has 2 atom stereocenters. The SMILES string of the molecule is CC(NC(=O)CC1COCCN1)c1ccc2ccccc2c1.Cl. The molecule has 1 fully saturated rings. The van der Waals surface area contributed by atoms with Crippen molar-refractivity contribution >= 4 is 29.1 Å². The van der Waals surface area contributed by atoms with Crippen LogP contribution in [-0.2, 0) is 9.53 Å². The number of rotatable bonds is 4. The largest absolute Gasteiger partial charge is 0.378 e. The van der Waals surface area contributed by atoms with Crippen LogP contribution in [0, 0.1) is 0 Å². The topological polar surface area (TPSA) is 50.4 Å². The van der Waals surface area contributed by atoms with Crippen molar-refractivity contribution in [2.75, 3.05) is 19.8 Å². The van der Waals surface area contributed by atoms with Crippen LogP contribution in [0.5, 0.6) is 0 Å². The van der Waals surface area contributed by atoms with Gasteiger partial charge in [-0.1, -0.05) is 36.4 Å². The van der Waals surface area contributed by atoms with E-state index in [2.05, 4.69) is 41.0 Å². The maximum absolute atomic E-state index is 12.2. The molecular formula is C18H23ClN2O2. The van der Waals surface area contributed by atoms with Gasteiger partial charge in [-0.2, -0.15) is 0 Å². The van der Waals surface area contributed by atoms with E-state index >= 15 is 0 Å². The molecule has 2 aromatic rings. The molecule has 0 spiro atoms. The average molecular weight is 335 g/mol. The predicted octanol–water partition coefficient (Wildman–Crippen LogP) is 2.82. The first kappa shape index (κ1) is 17.7. The van der Waals surface area contributed by atoms with Crippen molar-refractivity contribution in [2.24, 2.45) is 0 Å². The number of nitrogens with one attached hydrogen (secondary N) is 2.